The maximum Gasteiger partial charge on any atom is 0.221 e. The van der Waals surface area contributed by atoms with Gasteiger partial charge >= 0.3 is 0 Å². The molecule has 0 bridgehead atoms. The molecule has 0 aromatic carbocycles. The first-order valence-corrected chi connectivity index (χ1v) is 6.25. The van der Waals surface area contributed by atoms with Crippen LogP contribution in [0.2, 0.25) is 8.67 Å². The molecule has 2 unspecified atom stereocenters. The van der Waals surface area contributed by atoms with Crippen molar-refractivity contribution < 1.29 is 4.79 Å². The van der Waals surface area contributed by atoms with E-state index in [4.69, 9.17) is 23.2 Å². The second-order valence-electron chi connectivity index (χ2n) is 4.12. The maximum atomic E-state index is 11.4. The minimum Gasteiger partial charge on any atom is -0.353 e. The predicted molar refractivity (Wildman–Crippen MR) is 63.9 cm³/mol. The minimum atomic E-state index is -0.238. The van der Waals surface area contributed by atoms with Gasteiger partial charge in [-0.1, -0.05) is 30.1 Å². The van der Waals surface area contributed by atoms with Crippen LogP contribution in [0.25, 0.3) is 0 Å². The van der Waals surface area contributed by atoms with Crippen LogP contribution in [-0.4, -0.2) is 11.9 Å². The molecule has 1 aliphatic rings. The number of nitrogens with one attached hydrogen (secondary N) is 1. The highest BCUT2D eigenvalue weighted by atomic mass is 35.5. The molecule has 0 saturated carbocycles. The van der Waals surface area contributed by atoms with Gasteiger partial charge < -0.3 is 5.32 Å². The topological polar surface area (TPSA) is 29.1 Å². The Bertz CT molecular complexity index is 418. The van der Waals surface area contributed by atoms with Crippen LogP contribution < -0.4 is 5.32 Å². The van der Waals surface area contributed by atoms with Crippen molar-refractivity contribution >= 4 is 40.4 Å². The number of amides is 1. The Labute approximate surface area is 103 Å². The van der Waals surface area contributed by atoms with Crippen molar-refractivity contribution in [1.29, 1.82) is 0 Å². The molecule has 2 nitrogen and oxygen atoms in total. The molecule has 1 saturated heterocycles. The average molecular weight is 264 g/mol. The summed E-state index contributed by atoms with van der Waals surface area (Å²) in [6.45, 7) is 4.03. The monoisotopic (exact) mass is 263 g/mol. The van der Waals surface area contributed by atoms with Crippen molar-refractivity contribution in [2.24, 2.45) is 0 Å². The van der Waals surface area contributed by atoms with Crippen molar-refractivity contribution in [1.82, 2.24) is 5.32 Å². The summed E-state index contributed by atoms with van der Waals surface area (Å²) in [6, 6.07) is 1.96. The lowest BCUT2D eigenvalue weighted by molar-refractivity contribution is -0.119. The summed E-state index contributed by atoms with van der Waals surface area (Å²) >= 11 is 13.4. The number of hydrogen-bond donors (Lipinski definition) is 1. The molecule has 1 amide bonds. The molecule has 2 rings (SSSR count). The summed E-state index contributed by atoms with van der Waals surface area (Å²) in [5.41, 5.74) is 0.739. The van der Waals surface area contributed by atoms with Crippen molar-refractivity contribution in [3.8, 4) is 0 Å². The first-order chi connectivity index (χ1) is 6.93. The van der Waals surface area contributed by atoms with Crippen LogP contribution in [0.15, 0.2) is 6.07 Å². The van der Waals surface area contributed by atoms with Gasteiger partial charge in [-0.15, -0.1) is 11.3 Å². The van der Waals surface area contributed by atoms with Gasteiger partial charge in [-0.3, -0.25) is 4.79 Å². The molecule has 1 aliphatic heterocycles. The third-order valence-corrected chi connectivity index (χ3v) is 4.62. The van der Waals surface area contributed by atoms with Gasteiger partial charge in [0.1, 0.15) is 0 Å². The van der Waals surface area contributed by atoms with E-state index >= 15 is 0 Å². The summed E-state index contributed by atoms with van der Waals surface area (Å²) in [6.07, 6.45) is 0.473. The Balaban J connectivity index is 2.45. The van der Waals surface area contributed by atoms with Crippen molar-refractivity contribution in [2.45, 2.75) is 31.7 Å². The molecule has 2 atom stereocenters. The third kappa shape index (κ3) is 1.77. The average Bonchev–Trinajstić information content (AvgIpc) is 2.55. The van der Waals surface area contributed by atoms with E-state index in [0.717, 1.165) is 5.56 Å². The zero-order valence-electron chi connectivity index (χ0n) is 8.43. The Morgan fingerprint density at radius 1 is 1.60 bits per heavy atom. The van der Waals surface area contributed by atoms with Gasteiger partial charge in [0.25, 0.3) is 0 Å². The molecule has 1 fully saturated rings. The Morgan fingerprint density at radius 2 is 2.27 bits per heavy atom. The molecular formula is C10H11Cl2NOS. The molecule has 1 aromatic rings. The Hall–Kier alpha value is -0.250. The largest absolute Gasteiger partial charge is 0.353 e. The van der Waals surface area contributed by atoms with Gasteiger partial charge in [0, 0.05) is 17.9 Å². The van der Waals surface area contributed by atoms with Gasteiger partial charge in [0.05, 0.1) is 8.67 Å². The minimum absolute atomic E-state index is 0.0726. The van der Waals surface area contributed by atoms with Crippen molar-refractivity contribution in [3.63, 3.8) is 0 Å². The predicted octanol–water partition coefficient (Wildman–Crippen LogP) is 3.22. The van der Waals surface area contributed by atoms with Crippen LogP contribution in [0.3, 0.4) is 0 Å². The molecule has 15 heavy (non-hydrogen) atoms. The van der Waals surface area contributed by atoms with Crippen LogP contribution >= 0.6 is 34.5 Å². The molecule has 0 spiro atoms. The van der Waals surface area contributed by atoms with Crippen LogP contribution in [0.4, 0.5) is 0 Å². The molecule has 2 heterocycles. The van der Waals surface area contributed by atoms with Gasteiger partial charge in [-0.25, -0.2) is 0 Å². The fourth-order valence-corrected chi connectivity index (χ4v) is 3.73. The van der Waals surface area contributed by atoms with E-state index in [1.54, 1.807) is 0 Å². The molecule has 0 radical (unpaired) electrons. The van der Waals surface area contributed by atoms with Gasteiger partial charge in [0.2, 0.25) is 5.91 Å². The highest BCUT2D eigenvalue weighted by molar-refractivity contribution is 7.20. The van der Waals surface area contributed by atoms with E-state index in [-0.39, 0.29) is 17.4 Å². The van der Waals surface area contributed by atoms with Gasteiger partial charge in [-0.2, -0.15) is 0 Å². The summed E-state index contributed by atoms with van der Waals surface area (Å²) in [5, 5.41) is 2.91. The van der Waals surface area contributed by atoms with E-state index in [0.29, 0.717) is 15.1 Å². The van der Waals surface area contributed by atoms with Crippen LogP contribution in [0.5, 0.6) is 0 Å². The zero-order valence-corrected chi connectivity index (χ0v) is 10.8. The first kappa shape index (κ1) is 11.2. The number of rotatable bonds is 1. The molecule has 82 valence electrons. The first-order valence-electron chi connectivity index (χ1n) is 4.68. The normalized spacial score (nSPS) is 30.7. The Morgan fingerprint density at radius 3 is 2.67 bits per heavy atom. The fraction of sp³-hybridized carbons (Fsp3) is 0.500. The quantitative estimate of drug-likeness (QED) is 0.829. The van der Waals surface area contributed by atoms with E-state index in [1.807, 2.05) is 19.9 Å². The lowest BCUT2D eigenvalue weighted by Gasteiger charge is -2.27. The summed E-state index contributed by atoms with van der Waals surface area (Å²) in [7, 11) is 0. The molecule has 0 aliphatic carbocycles. The summed E-state index contributed by atoms with van der Waals surface area (Å²) < 4.78 is 1.36. The number of hydrogen-bond acceptors (Lipinski definition) is 2. The van der Waals surface area contributed by atoms with Crippen molar-refractivity contribution in [3.05, 3.63) is 20.3 Å². The van der Waals surface area contributed by atoms with E-state index in [1.165, 1.54) is 11.3 Å². The smallest absolute Gasteiger partial charge is 0.221 e. The SMILES string of the molecule is CC1NC(=O)CC1(C)c1cc(Cl)sc1Cl. The van der Waals surface area contributed by atoms with Crippen LogP contribution in [0.1, 0.15) is 25.8 Å². The number of carbonyl (C=O) groups is 1. The third-order valence-electron chi connectivity index (χ3n) is 3.13. The summed E-state index contributed by atoms with van der Waals surface area (Å²) in [4.78, 5) is 11.4. The molecule has 1 aromatic heterocycles. The second-order valence-corrected chi connectivity index (χ2v) is 6.41. The van der Waals surface area contributed by atoms with Gasteiger partial charge in [0.15, 0.2) is 0 Å². The molecule has 1 N–H and O–H groups in total. The standard InChI is InChI=1S/C10H11Cl2NOS/c1-5-10(2,4-8(14)13-5)6-3-7(11)15-9(6)12/h3,5H,4H2,1-2H3,(H,13,14). The van der Waals surface area contributed by atoms with Crippen LogP contribution in [-0.2, 0) is 10.2 Å². The van der Waals surface area contributed by atoms with E-state index < -0.39 is 0 Å². The number of thiophene rings is 1. The Kier molecular flexibility index (Phi) is 2.73. The highest BCUT2D eigenvalue weighted by Gasteiger charge is 2.43. The molecular weight excluding hydrogens is 253 g/mol. The van der Waals surface area contributed by atoms with E-state index in [9.17, 15) is 4.79 Å². The maximum absolute atomic E-state index is 11.4. The number of halogens is 2. The van der Waals surface area contributed by atoms with Crippen molar-refractivity contribution in [2.75, 3.05) is 0 Å². The second kappa shape index (κ2) is 3.65. The lowest BCUT2D eigenvalue weighted by Crippen LogP contribution is -2.35. The zero-order chi connectivity index (χ0) is 11.2. The molecule has 5 heteroatoms. The fourth-order valence-electron chi connectivity index (χ4n) is 2.00. The number of carbonyl (C=O) groups excluding carboxylic acids is 1. The highest BCUT2D eigenvalue weighted by Crippen LogP contribution is 2.44. The lowest BCUT2D eigenvalue weighted by atomic mass is 9.78. The van der Waals surface area contributed by atoms with Gasteiger partial charge in [-0.05, 0) is 18.6 Å². The van der Waals surface area contributed by atoms with Crippen LogP contribution in [0, 0.1) is 0 Å². The van der Waals surface area contributed by atoms with E-state index in [2.05, 4.69) is 5.32 Å². The summed E-state index contributed by atoms with van der Waals surface area (Å²) in [5.74, 6) is 0.0726.